The normalized spacial score (nSPS) is 11.3. The second-order valence-electron chi connectivity index (χ2n) is 3.61. The van der Waals surface area contributed by atoms with Crippen molar-refractivity contribution in [3.63, 3.8) is 0 Å². The second-order valence-corrected chi connectivity index (χ2v) is 4.52. The molecule has 0 spiro atoms. The molecule has 0 saturated carbocycles. The number of aromatic amines is 1. The molecule has 2 heterocycles. The average molecular weight is 215 g/mol. The monoisotopic (exact) mass is 215 g/mol. The molecule has 0 radical (unpaired) electrons. The quantitative estimate of drug-likeness (QED) is 0.614. The summed E-state index contributed by atoms with van der Waals surface area (Å²) in [6, 6.07) is 5.98. The van der Waals surface area contributed by atoms with Crippen molar-refractivity contribution in [3.05, 3.63) is 45.7 Å². The fourth-order valence-corrected chi connectivity index (χ4v) is 2.88. The van der Waals surface area contributed by atoms with Crippen molar-refractivity contribution >= 4 is 32.2 Å². The van der Waals surface area contributed by atoms with Gasteiger partial charge in [0, 0.05) is 16.3 Å². The molecule has 3 rings (SSSR count). The van der Waals surface area contributed by atoms with E-state index in [9.17, 15) is 4.79 Å². The Kier molecular flexibility index (Phi) is 1.70. The molecule has 2 nitrogen and oxygen atoms in total. The van der Waals surface area contributed by atoms with Crippen molar-refractivity contribution in [2.75, 3.05) is 0 Å². The molecule has 3 heteroatoms. The zero-order valence-electron chi connectivity index (χ0n) is 8.20. The van der Waals surface area contributed by atoms with Crippen LogP contribution in [0.3, 0.4) is 0 Å². The molecule has 3 aromatic rings. The molecule has 15 heavy (non-hydrogen) atoms. The van der Waals surface area contributed by atoms with Gasteiger partial charge in [0.1, 0.15) is 0 Å². The average Bonchev–Trinajstić information content (AvgIpc) is 2.68. The van der Waals surface area contributed by atoms with Crippen LogP contribution in [0.1, 0.15) is 5.56 Å². The van der Waals surface area contributed by atoms with Crippen molar-refractivity contribution in [3.8, 4) is 0 Å². The van der Waals surface area contributed by atoms with Crippen LogP contribution in [-0.2, 0) is 0 Å². The maximum Gasteiger partial charge on any atom is 0.255 e. The number of benzene rings is 1. The van der Waals surface area contributed by atoms with Crippen LogP contribution < -0.4 is 5.56 Å². The largest absolute Gasteiger partial charge is 0.329 e. The number of H-pyrrole nitrogens is 1. The Bertz CT molecular complexity index is 708. The Hall–Kier alpha value is -1.61. The first kappa shape index (κ1) is 8.68. The lowest BCUT2D eigenvalue weighted by Crippen LogP contribution is -2.04. The molecule has 0 aliphatic carbocycles. The van der Waals surface area contributed by atoms with E-state index < -0.39 is 0 Å². The van der Waals surface area contributed by atoms with Gasteiger partial charge in [-0.15, -0.1) is 11.3 Å². The third kappa shape index (κ3) is 1.13. The highest BCUT2D eigenvalue weighted by molar-refractivity contribution is 7.17. The highest BCUT2D eigenvalue weighted by Crippen LogP contribution is 2.29. The van der Waals surface area contributed by atoms with Crippen LogP contribution in [0.5, 0.6) is 0 Å². The summed E-state index contributed by atoms with van der Waals surface area (Å²) in [5, 5.41) is 5.04. The number of thiophene rings is 1. The number of hydrogen-bond donors (Lipinski definition) is 1. The van der Waals surface area contributed by atoms with Crippen LogP contribution in [0.2, 0.25) is 0 Å². The molecule has 74 valence electrons. The number of aryl methyl sites for hydroxylation is 1. The van der Waals surface area contributed by atoms with Crippen molar-refractivity contribution in [2.24, 2.45) is 0 Å². The molecule has 2 aromatic heterocycles. The van der Waals surface area contributed by atoms with Crippen molar-refractivity contribution in [1.82, 2.24) is 4.98 Å². The predicted octanol–water partition coefficient (Wildman–Crippen LogP) is 3.05. The van der Waals surface area contributed by atoms with E-state index in [0.29, 0.717) is 0 Å². The summed E-state index contributed by atoms with van der Waals surface area (Å²) in [7, 11) is 0. The van der Waals surface area contributed by atoms with E-state index in [-0.39, 0.29) is 5.56 Å². The number of pyridine rings is 1. The number of aromatic nitrogens is 1. The van der Waals surface area contributed by atoms with E-state index in [0.717, 1.165) is 16.2 Å². The Labute approximate surface area is 90.2 Å². The second kappa shape index (κ2) is 2.94. The third-order valence-corrected chi connectivity index (χ3v) is 3.79. The standard InChI is InChI=1S/C12H9NOS/c1-7-9-2-4-13-12(14)10(9)6-8-3-5-15-11(7)8/h2-6H,1H3,(H,13,14). The first-order chi connectivity index (χ1) is 7.27. The van der Waals surface area contributed by atoms with Gasteiger partial charge in [-0.2, -0.15) is 0 Å². The van der Waals surface area contributed by atoms with Gasteiger partial charge in [0.05, 0.1) is 0 Å². The van der Waals surface area contributed by atoms with Gasteiger partial charge in [0.2, 0.25) is 0 Å². The third-order valence-electron chi connectivity index (χ3n) is 2.74. The Morgan fingerprint density at radius 2 is 2.13 bits per heavy atom. The zero-order valence-corrected chi connectivity index (χ0v) is 9.02. The van der Waals surface area contributed by atoms with Crippen molar-refractivity contribution in [2.45, 2.75) is 6.92 Å². The van der Waals surface area contributed by atoms with Gasteiger partial charge >= 0.3 is 0 Å². The molecule has 0 saturated heterocycles. The molecular formula is C12H9NOS. The van der Waals surface area contributed by atoms with Crippen LogP contribution in [0.25, 0.3) is 20.9 Å². The first-order valence-electron chi connectivity index (χ1n) is 4.75. The van der Waals surface area contributed by atoms with Crippen molar-refractivity contribution < 1.29 is 0 Å². The molecule has 0 fully saturated rings. The Morgan fingerprint density at radius 3 is 3.00 bits per heavy atom. The van der Waals surface area contributed by atoms with Gasteiger partial charge in [0.25, 0.3) is 5.56 Å². The molecule has 1 N–H and O–H groups in total. The summed E-state index contributed by atoms with van der Waals surface area (Å²) >= 11 is 1.72. The Balaban J connectivity index is 2.70. The van der Waals surface area contributed by atoms with E-state index in [1.165, 1.54) is 10.3 Å². The van der Waals surface area contributed by atoms with Crippen molar-refractivity contribution in [1.29, 1.82) is 0 Å². The summed E-state index contributed by atoms with van der Waals surface area (Å²) in [5.74, 6) is 0. The summed E-state index contributed by atoms with van der Waals surface area (Å²) in [4.78, 5) is 14.4. The molecule has 0 atom stereocenters. The zero-order chi connectivity index (χ0) is 10.4. The number of fused-ring (bicyclic) bond motifs is 2. The minimum atomic E-state index is -0.0105. The highest BCUT2D eigenvalue weighted by atomic mass is 32.1. The summed E-state index contributed by atoms with van der Waals surface area (Å²) in [6.45, 7) is 2.07. The minimum Gasteiger partial charge on any atom is -0.329 e. The maximum absolute atomic E-state index is 11.6. The van der Waals surface area contributed by atoms with Gasteiger partial charge in [-0.05, 0) is 46.8 Å². The highest BCUT2D eigenvalue weighted by Gasteiger charge is 2.06. The molecule has 0 unspecified atom stereocenters. The van der Waals surface area contributed by atoms with Crippen LogP contribution >= 0.6 is 11.3 Å². The number of rotatable bonds is 0. The molecular weight excluding hydrogens is 206 g/mol. The molecule has 0 aliphatic rings. The van der Waals surface area contributed by atoms with Gasteiger partial charge in [-0.3, -0.25) is 4.79 Å². The van der Waals surface area contributed by atoms with Gasteiger partial charge < -0.3 is 4.98 Å². The summed E-state index contributed by atoms with van der Waals surface area (Å²) in [5.41, 5.74) is 1.19. The van der Waals surface area contributed by atoms with E-state index in [2.05, 4.69) is 23.4 Å². The smallest absolute Gasteiger partial charge is 0.255 e. The van der Waals surface area contributed by atoms with Gasteiger partial charge in [-0.1, -0.05) is 0 Å². The van der Waals surface area contributed by atoms with E-state index in [1.54, 1.807) is 17.5 Å². The van der Waals surface area contributed by atoms with Crippen LogP contribution in [0.15, 0.2) is 34.6 Å². The van der Waals surface area contributed by atoms with Crippen LogP contribution in [0, 0.1) is 6.92 Å². The minimum absolute atomic E-state index is 0.0105. The maximum atomic E-state index is 11.6. The lowest BCUT2D eigenvalue weighted by molar-refractivity contribution is 1.28. The first-order valence-corrected chi connectivity index (χ1v) is 5.63. The van der Waals surface area contributed by atoms with Crippen LogP contribution in [-0.4, -0.2) is 4.98 Å². The number of hydrogen-bond acceptors (Lipinski definition) is 2. The van der Waals surface area contributed by atoms with E-state index in [4.69, 9.17) is 0 Å². The lowest BCUT2D eigenvalue weighted by atomic mass is 10.1. The van der Waals surface area contributed by atoms with E-state index >= 15 is 0 Å². The molecule has 0 aliphatic heterocycles. The van der Waals surface area contributed by atoms with Gasteiger partial charge in [0.15, 0.2) is 0 Å². The summed E-state index contributed by atoms with van der Waals surface area (Å²) < 4.78 is 1.27. The number of nitrogens with one attached hydrogen (secondary N) is 1. The summed E-state index contributed by atoms with van der Waals surface area (Å²) in [6.07, 6.45) is 1.71. The Morgan fingerprint density at radius 1 is 1.27 bits per heavy atom. The fraction of sp³-hybridized carbons (Fsp3) is 0.0833. The SMILES string of the molecule is Cc1c2cc[nH]c(=O)c2cc2ccsc12. The molecule has 0 bridgehead atoms. The lowest BCUT2D eigenvalue weighted by Gasteiger charge is -2.02. The molecule has 1 aromatic carbocycles. The topological polar surface area (TPSA) is 32.9 Å². The van der Waals surface area contributed by atoms with Crippen LogP contribution in [0.4, 0.5) is 0 Å². The molecule has 0 amide bonds. The van der Waals surface area contributed by atoms with Gasteiger partial charge in [-0.25, -0.2) is 0 Å². The fourth-order valence-electron chi connectivity index (χ4n) is 1.98. The predicted molar refractivity (Wildman–Crippen MR) is 64.7 cm³/mol. The van der Waals surface area contributed by atoms with E-state index in [1.807, 2.05) is 12.1 Å².